The average molecular weight is 339 g/mol. The van der Waals surface area contributed by atoms with Gasteiger partial charge in [0.15, 0.2) is 0 Å². The van der Waals surface area contributed by atoms with Crippen molar-refractivity contribution in [3.05, 3.63) is 76.0 Å². The van der Waals surface area contributed by atoms with Gasteiger partial charge in [0.1, 0.15) is 5.82 Å². The maximum absolute atomic E-state index is 12.5. The van der Waals surface area contributed by atoms with Crippen molar-refractivity contribution >= 4 is 17.2 Å². The number of carbonyl (C=O) groups is 1. The molecule has 1 amide bonds. The first-order valence-corrected chi connectivity index (χ1v) is 8.98. The van der Waals surface area contributed by atoms with E-state index in [4.69, 9.17) is 0 Å². The summed E-state index contributed by atoms with van der Waals surface area (Å²) in [6, 6.07) is 12.0. The molecule has 0 aliphatic carbocycles. The molecule has 3 rings (SSSR count). The van der Waals surface area contributed by atoms with Crippen LogP contribution in [0.1, 0.15) is 33.0 Å². The molecular weight excluding hydrogens is 318 g/mol. The number of thiophene rings is 1. The molecule has 1 aromatic carbocycles. The van der Waals surface area contributed by atoms with Crippen LogP contribution in [0, 0.1) is 6.92 Å². The van der Waals surface area contributed by atoms with Gasteiger partial charge >= 0.3 is 0 Å². The number of hydrogen-bond acceptors (Lipinski definition) is 3. The van der Waals surface area contributed by atoms with E-state index in [-0.39, 0.29) is 5.91 Å². The molecule has 124 valence electrons. The highest BCUT2D eigenvalue weighted by molar-refractivity contribution is 7.09. The molecule has 0 atom stereocenters. The normalized spacial score (nSPS) is 10.7. The third kappa shape index (κ3) is 4.11. The lowest BCUT2D eigenvalue weighted by molar-refractivity contribution is 0.0952. The van der Waals surface area contributed by atoms with E-state index in [9.17, 15) is 4.79 Å². The van der Waals surface area contributed by atoms with Gasteiger partial charge in [0.25, 0.3) is 5.91 Å². The van der Waals surface area contributed by atoms with Gasteiger partial charge in [-0.25, -0.2) is 4.98 Å². The maximum Gasteiger partial charge on any atom is 0.251 e. The number of carbonyl (C=O) groups excluding carboxylic acids is 1. The fraction of sp³-hybridized carbons (Fsp3) is 0.263. The predicted molar refractivity (Wildman–Crippen MR) is 97.5 cm³/mol. The number of imidazole rings is 1. The standard InChI is InChI=1S/C19H21N3OS/c1-15-20-10-12-22(15)11-5-9-21-19(23)18-8-3-2-6-16(18)14-17-7-4-13-24-17/h2-4,6-8,10,12-13H,5,9,11,14H2,1H3,(H,21,23). The molecule has 0 radical (unpaired) electrons. The van der Waals surface area contributed by atoms with Crippen LogP contribution in [0.15, 0.2) is 54.2 Å². The first-order chi connectivity index (χ1) is 11.7. The zero-order chi connectivity index (χ0) is 16.8. The van der Waals surface area contributed by atoms with Crippen molar-refractivity contribution in [1.82, 2.24) is 14.9 Å². The summed E-state index contributed by atoms with van der Waals surface area (Å²) in [6.07, 6.45) is 5.45. The molecule has 0 saturated carbocycles. The molecule has 24 heavy (non-hydrogen) atoms. The van der Waals surface area contributed by atoms with Gasteiger partial charge in [-0.15, -0.1) is 11.3 Å². The smallest absolute Gasteiger partial charge is 0.251 e. The number of rotatable bonds is 7. The summed E-state index contributed by atoms with van der Waals surface area (Å²) < 4.78 is 2.09. The number of amides is 1. The van der Waals surface area contributed by atoms with Gasteiger partial charge in [0.2, 0.25) is 0 Å². The highest BCUT2D eigenvalue weighted by Crippen LogP contribution is 2.18. The Bertz CT molecular complexity index is 793. The molecular formula is C19H21N3OS. The van der Waals surface area contributed by atoms with Crippen LogP contribution in [0.25, 0.3) is 0 Å². The lowest BCUT2D eigenvalue weighted by atomic mass is 10.0. The van der Waals surface area contributed by atoms with Crippen LogP contribution >= 0.6 is 11.3 Å². The van der Waals surface area contributed by atoms with Crippen molar-refractivity contribution in [2.75, 3.05) is 6.54 Å². The summed E-state index contributed by atoms with van der Waals surface area (Å²) >= 11 is 1.72. The van der Waals surface area contributed by atoms with Crippen LogP contribution in [0.4, 0.5) is 0 Å². The first kappa shape index (κ1) is 16.5. The van der Waals surface area contributed by atoms with Gasteiger partial charge in [-0.3, -0.25) is 4.79 Å². The van der Waals surface area contributed by atoms with Gasteiger partial charge in [0, 0.05) is 42.3 Å². The molecule has 3 aromatic rings. The van der Waals surface area contributed by atoms with Crippen LogP contribution in [0.3, 0.4) is 0 Å². The van der Waals surface area contributed by atoms with Crippen molar-refractivity contribution in [1.29, 1.82) is 0 Å². The van der Waals surface area contributed by atoms with Crippen LogP contribution in [-0.4, -0.2) is 22.0 Å². The van der Waals surface area contributed by atoms with E-state index < -0.39 is 0 Å². The lowest BCUT2D eigenvalue weighted by Crippen LogP contribution is -2.26. The van der Waals surface area contributed by atoms with Crippen LogP contribution in [-0.2, 0) is 13.0 Å². The number of hydrogen-bond donors (Lipinski definition) is 1. The van der Waals surface area contributed by atoms with E-state index >= 15 is 0 Å². The minimum atomic E-state index is 0.00418. The Kier molecular flexibility index (Phi) is 5.43. The molecule has 0 bridgehead atoms. The molecule has 0 fully saturated rings. The van der Waals surface area contributed by atoms with Crippen molar-refractivity contribution in [2.45, 2.75) is 26.3 Å². The highest BCUT2D eigenvalue weighted by Gasteiger charge is 2.11. The Morgan fingerprint density at radius 3 is 2.88 bits per heavy atom. The number of aryl methyl sites for hydroxylation is 2. The molecule has 1 N–H and O–H groups in total. The van der Waals surface area contributed by atoms with Gasteiger partial charge in [-0.05, 0) is 36.4 Å². The van der Waals surface area contributed by atoms with Crippen molar-refractivity contribution < 1.29 is 4.79 Å². The highest BCUT2D eigenvalue weighted by atomic mass is 32.1. The van der Waals surface area contributed by atoms with Gasteiger partial charge in [-0.1, -0.05) is 24.3 Å². The van der Waals surface area contributed by atoms with Crippen LogP contribution in [0.2, 0.25) is 0 Å². The second-order valence-electron chi connectivity index (χ2n) is 5.69. The molecule has 2 heterocycles. The topological polar surface area (TPSA) is 46.9 Å². The fourth-order valence-electron chi connectivity index (χ4n) is 2.68. The zero-order valence-electron chi connectivity index (χ0n) is 13.7. The van der Waals surface area contributed by atoms with Crippen molar-refractivity contribution in [2.24, 2.45) is 0 Å². The molecule has 0 saturated heterocycles. The quantitative estimate of drug-likeness (QED) is 0.668. The third-order valence-electron chi connectivity index (χ3n) is 3.99. The van der Waals surface area contributed by atoms with Gasteiger partial charge in [0.05, 0.1) is 0 Å². The number of nitrogens with one attached hydrogen (secondary N) is 1. The molecule has 5 heteroatoms. The Labute approximate surface area is 146 Å². The summed E-state index contributed by atoms with van der Waals surface area (Å²) in [4.78, 5) is 18.0. The fourth-order valence-corrected chi connectivity index (χ4v) is 3.41. The molecule has 0 unspecified atom stereocenters. The molecule has 2 aromatic heterocycles. The Morgan fingerprint density at radius 2 is 2.12 bits per heavy atom. The van der Waals surface area contributed by atoms with E-state index in [1.807, 2.05) is 43.5 Å². The predicted octanol–water partition coefficient (Wildman–Crippen LogP) is 3.66. The lowest BCUT2D eigenvalue weighted by Gasteiger charge is -2.10. The number of benzene rings is 1. The summed E-state index contributed by atoms with van der Waals surface area (Å²) in [5.41, 5.74) is 1.84. The Hall–Kier alpha value is -2.40. The first-order valence-electron chi connectivity index (χ1n) is 8.10. The van der Waals surface area contributed by atoms with Crippen molar-refractivity contribution in [3.8, 4) is 0 Å². The van der Waals surface area contributed by atoms with Gasteiger partial charge in [-0.2, -0.15) is 0 Å². The number of aromatic nitrogens is 2. The minimum absolute atomic E-state index is 0.00418. The monoisotopic (exact) mass is 339 g/mol. The zero-order valence-corrected chi connectivity index (χ0v) is 14.6. The van der Waals surface area contributed by atoms with Crippen LogP contribution < -0.4 is 5.32 Å². The van der Waals surface area contributed by atoms with E-state index in [0.717, 1.165) is 36.3 Å². The molecule has 0 spiro atoms. The summed E-state index contributed by atoms with van der Waals surface area (Å²) in [6.45, 7) is 3.51. The SMILES string of the molecule is Cc1nccn1CCCNC(=O)c1ccccc1Cc1cccs1. The molecule has 0 aliphatic heterocycles. The van der Waals surface area contributed by atoms with E-state index in [2.05, 4.69) is 26.3 Å². The molecule has 4 nitrogen and oxygen atoms in total. The summed E-state index contributed by atoms with van der Waals surface area (Å²) in [7, 11) is 0. The minimum Gasteiger partial charge on any atom is -0.352 e. The summed E-state index contributed by atoms with van der Waals surface area (Å²) in [5, 5.41) is 5.10. The second kappa shape index (κ2) is 7.93. The summed E-state index contributed by atoms with van der Waals surface area (Å²) in [5.74, 6) is 1.01. The van der Waals surface area contributed by atoms with Gasteiger partial charge < -0.3 is 9.88 Å². The van der Waals surface area contributed by atoms with Crippen molar-refractivity contribution in [3.63, 3.8) is 0 Å². The largest absolute Gasteiger partial charge is 0.352 e. The molecule has 0 aliphatic rings. The average Bonchev–Trinajstić information content (AvgIpc) is 3.24. The third-order valence-corrected chi connectivity index (χ3v) is 4.87. The van der Waals surface area contributed by atoms with E-state index in [1.165, 1.54) is 4.88 Å². The Morgan fingerprint density at radius 1 is 1.25 bits per heavy atom. The van der Waals surface area contributed by atoms with E-state index in [0.29, 0.717) is 6.54 Å². The Balaban J connectivity index is 1.56. The van der Waals surface area contributed by atoms with Crippen LogP contribution in [0.5, 0.6) is 0 Å². The van der Waals surface area contributed by atoms with E-state index in [1.54, 1.807) is 17.5 Å². The maximum atomic E-state index is 12.5. The second-order valence-corrected chi connectivity index (χ2v) is 6.72. The number of nitrogens with zero attached hydrogens (tertiary/aromatic N) is 2.